The number of fused-ring (bicyclic) bond motifs is 1. The average molecular weight is 739 g/mol. The van der Waals surface area contributed by atoms with E-state index in [9.17, 15) is 27.6 Å². The molecule has 0 saturated carbocycles. The van der Waals surface area contributed by atoms with Crippen LogP contribution in [0.15, 0.2) is 71.8 Å². The first-order valence-corrected chi connectivity index (χ1v) is 21.3. The predicted octanol–water partition coefficient (Wildman–Crippen LogP) is 5.74. The second-order valence-electron chi connectivity index (χ2n) is 13.1. The van der Waals surface area contributed by atoms with Crippen LogP contribution in [0, 0.1) is 11.8 Å². The lowest BCUT2D eigenvalue weighted by Gasteiger charge is -2.47. The summed E-state index contributed by atoms with van der Waals surface area (Å²) in [5.74, 6) is -3.58. The molecule has 12 nitrogen and oxygen atoms in total. The van der Waals surface area contributed by atoms with E-state index >= 15 is 0 Å². The zero-order valence-corrected chi connectivity index (χ0v) is 31.6. The van der Waals surface area contributed by atoms with Gasteiger partial charge in [0.05, 0.1) is 23.4 Å². The molecule has 0 bridgehead atoms. The SMILES string of the molecule is C=CCOC(=O)O[C@H](C)[C@H]1C(=O)N2C(C(=O)OCC=C)=C(CN3C(=O)c4cccc5c(CCO[Si](CC)(CC)CC)ccc(c45)S3(=O)=O)[C@H](C)[C@H]12. The van der Waals surface area contributed by atoms with Crippen LogP contribution in [0.5, 0.6) is 0 Å². The molecule has 2 amide bonds. The third kappa shape index (κ3) is 6.64. The van der Waals surface area contributed by atoms with Gasteiger partial charge in [-0.05, 0) is 60.1 Å². The van der Waals surface area contributed by atoms with Crippen LogP contribution < -0.4 is 0 Å². The fraction of sp³-hybridized carbons (Fsp3) is 0.459. The maximum Gasteiger partial charge on any atom is 0.508 e. The van der Waals surface area contributed by atoms with E-state index in [-0.39, 0.29) is 34.9 Å². The van der Waals surface area contributed by atoms with Crippen molar-refractivity contribution in [3.8, 4) is 0 Å². The van der Waals surface area contributed by atoms with Crippen molar-refractivity contribution in [3.63, 3.8) is 0 Å². The van der Waals surface area contributed by atoms with Gasteiger partial charge in [0.2, 0.25) is 5.91 Å². The lowest BCUT2D eigenvalue weighted by atomic mass is 9.77. The van der Waals surface area contributed by atoms with Crippen LogP contribution in [0.3, 0.4) is 0 Å². The zero-order valence-electron chi connectivity index (χ0n) is 29.8. The molecule has 0 radical (unpaired) electrons. The third-order valence-electron chi connectivity index (χ3n) is 10.6. The Morgan fingerprint density at radius 1 is 1.00 bits per heavy atom. The number of hydrogen-bond acceptors (Lipinski definition) is 10. The summed E-state index contributed by atoms with van der Waals surface area (Å²) in [4.78, 5) is 54.6. The summed E-state index contributed by atoms with van der Waals surface area (Å²) in [5.41, 5.74) is 1.21. The van der Waals surface area contributed by atoms with E-state index in [2.05, 4.69) is 33.9 Å². The molecule has 14 heteroatoms. The smallest absolute Gasteiger partial charge is 0.457 e. The number of esters is 1. The minimum atomic E-state index is -4.41. The Balaban J connectivity index is 1.47. The van der Waals surface area contributed by atoms with Gasteiger partial charge in [0, 0.05) is 23.5 Å². The summed E-state index contributed by atoms with van der Waals surface area (Å²) in [6, 6.07) is 10.8. The highest BCUT2D eigenvalue weighted by molar-refractivity contribution is 7.90. The molecule has 51 heavy (non-hydrogen) atoms. The van der Waals surface area contributed by atoms with Crippen molar-refractivity contribution in [2.75, 3.05) is 26.4 Å². The van der Waals surface area contributed by atoms with E-state index in [1.165, 1.54) is 23.1 Å². The second kappa shape index (κ2) is 15.1. The molecule has 3 aliphatic rings. The Kier molecular flexibility index (Phi) is 11.3. The Morgan fingerprint density at radius 3 is 2.31 bits per heavy atom. The third-order valence-corrected chi connectivity index (χ3v) is 17.0. The number of amides is 2. The van der Waals surface area contributed by atoms with E-state index in [1.807, 2.05) is 6.07 Å². The van der Waals surface area contributed by atoms with Gasteiger partial charge in [0.15, 0.2) is 8.32 Å². The normalized spacial score (nSPS) is 21.2. The summed E-state index contributed by atoms with van der Waals surface area (Å²) in [7, 11) is -6.24. The highest BCUT2D eigenvalue weighted by Gasteiger charge is 2.61. The van der Waals surface area contributed by atoms with Crippen LogP contribution in [0.25, 0.3) is 10.8 Å². The van der Waals surface area contributed by atoms with Crippen LogP contribution in [0.2, 0.25) is 18.1 Å². The average Bonchev–Trinajstić information content (AvgIpc) is 3.36. The molecule has 1 saturated heterocycles. The van der Waals surface area contributed by atoms with E-state index in [4.69, 9.17) is 18.6 Å². The number of nitrogens with zero attached hydrogens (tertiary/aromatic N) is 2. The Hall–Kier alpha value is -4.27. The fourth-order valence-electron chi connectivity index (χ4n) is 7.57. The highest BCUT2D eigenvalue weighted by atomic mass is 32.2. The second-order valence-corrected chi connectivity index (χ2v) is 19.7. The molecular weight excluding hydrogens is 693 g/mol. The van der Waals surface area contributed by atoms with Gasteiger partial charge in [-0.3, -0.25) is 9.59 Å². The number of carbonyl (C=O) groups is 4. The van der Waals surface area contributed by atoms with Crippen LogP contribution in [-0.2, 0) is 44.7 Å². The minimum absolute atomic E-state index is 0.0175. The first-order valence-electron chi connectivity index (χ1n) is 17.4. The minimum Gasteiger partial charge on any atom is -0.457 e. The number of sulfonamides is 1. The van der Waals surface area contributed by atoms with Crippen molar-refractivity contribution in [3.05, 3.63) is 78.0 Å². The van der Waals surface area contributed by atoms with Crippen LogP contribution in [-0.4, -0.2) is 88.4 Å². The van der Waals surface area contributed by atoms with Gasteiger partial charge in [-0.15, -0.1) is 0 Å². The van der Waals surface area contributed by atoms with Gasteiger partial charge in [-0.1, -0.05) is 71.2 Å². The van der Waals surface area contributed by atoms with Crippen molar-refractivity contribution in [2.24, 2.45) is 11.8 Å². The standard InChI is InChI=1S/C37H46N2O10SSi/c1-8-19-46-36(42)33-28(23(6)32-30(35(41)39(32)33)24(7)49-37(43)47-20-9-2)22-38-34(40)27-15-13-14-26-25(16-17-29(31(26)27)50(38,44)45)18-21-48-51(10-3,11-4)12-5/h8-9,13-17,23-24,30,32H,1-2,10-12,18-22H2,3-7H3/t23-,24+,30+,32+/m0/s1. The van der Waals surface area contributed by atoms with Crippen molar-refractivity contribution in [1.82, 2.24) is 9.21 Å². The molecule has 4 atom stereocenters. The molecule has 2 aromatic carbocycles. The molecule has 0 aromatic heterocycles. The number of benzene rings is 2. The van der Waals surface area contributed by atoms with Crippen molar-refractivity contribution in [2.45, 2.75) is 76.2 Å². The molecule has 0 N–H and O–H groups in total. The highest BCUT2D eigenvalue weighted by Crippen LogP contribution is 2.49. The van der Waals surface area contributed by atoms with Gasteiger partial charge in [-0.2, -0.15) is 0 Å². The van der Waals surface area contributed by atoms with Crippen LogP contribution >= 0.6 is 0 Å². The summed E-state index contributed by atoms with van der Waals surface area (Å²) < 4.78 is 51.5. The van der Waals surface area contributed by atoms with Gasteiger partial charge in [-0.25, -0.2) is 22.3 Å². The van der Waals surface area contributed by atoms with Crippen molar-refractivity contribution in [1.29, 1.82) is 0 Å². The quantitative estimate of drug-likeness (QED) is 0.0905. The number of β-lactam (4-membered cyclic amide) rings is 1. The monoisotopic (exact) mass is 738 g/mol. The number of ether oxygens (including phenoxy) is 3. The Morgan fingerprint density at radius 2 is 1.67 bits per heavy atom. The molecule has 3 aliphatic heterocycles. The largest absolute Gasteiger partial charge is 0.508 e. The van der Waals surface area contributed by atoms with Crippen LogP contribution in [0.1, 0.15) is 50.5 Å². The molecule has 3 heterocycles. The van der Waals surface area contributed by atoms with Crippen LogP contribution in [0.4, 0.5) is 4.79 Å². The lowest BCUT2D eigenvalue weighted by molar-refractivity contribution is -0.164. The Bertz CT molecular complexity index is 1900. The first kappa shape index (κ1) is 38.0. The van der Waals surface area contributed by atoms with Gasteiger partial charge >= 0.3 is 12.1 Å². The molecule has 274 valence electrons. The van der Waals surface area contributed by atoms with Gasteiger partial charge in [0.1, 0.15) is 25.0 Å². The summed E-state index contributed by atoms with van der Waals surface area (Å²) in [6.07, 6.45) is 1.39. The lowest BCUT2D eigenvalue weighted by Crippen LogP contribution is -2.64. The molecule has 0 spiro atoms. The maximum atomic E-state index is 14.3. The molecule has 1 fully saturated rings. The molecule has 5 rings (SSSR count). The maximum absolute atomic E-state index is 14.3. The van der Waals surface area contributed by atoms with E-state index < -0.39 is 72.8 Å². The molecule has 0 aliphatic carbocycles. The van der Waals surface area contributed by atoms with E-state index in [0.29, 0.717) is 23.8 Å². The van der Waals surface area contributed by atoms with Crippen molar-refractivity contribution < 1.29 is 46.2 Å². The van der Waals surface area contributed by atoms with Gasteiger partial charge in [0.25, 0.3) is 15.9 Å². The molecule has 0 unspecified atom stereocenters. The topological polar surface area (TPSA) is 146 Å². The fourth-order valence-corrected chi connectivity index (χ4v) is 11.8. The molecular formula is C37H46N2O10SSi. The number of rotatable bonds is 16. The van der Waals surface area contributed by atoms with Crippen molar-refractivity contribution >= 4 is 53.1 Å². The number of hydrogen-bond donors (Lipinski definition) is 0. The number of carbonyl (C=O) groups excluding carboxylic acids is 4. The Labute approximate surface area is 300 Å². The summed E-state index contributed by atoms with van der Waals surface area (Å²) in [6.45, 7) is 16.6. The van der Waals surface area contributed by atoms with Gasteiger partial charge < -0.3 is 23.5 Å². The van der Waals surface area contributed by atoms with E-state index in [0.717, 1.165) is 28.0 Å². The van der Waals surface area contributed by atoms with E-state index in [1.54, 1.807) is 32.0 Å². The first-order chi connectivity index (χ1) is 24.3. The summed E-state index contributed by atoms with van der Waals surface area (Å²) >= 11 is 0. The zero-order chi connectivity index (χ0) is 37.2. The molecule has 2 aromatic rings. The predicted molar refractivity (Wildman–Crippen MR) is 193 cm³/mol. The summed E-state index contributed by atoms with van der Waals surface area (Å²) in [5, 5.41) is 1.02.